The van der Waals surface area contributed by atoms with Crippen LogP contribution in [0.25, 0.3) is 5.69 Å². The van der Waals surface area contributed by atoms with Crippen molar-refractivity contribution in [2.75, 3.05) is 12.3 Å². The summed E-state index contributed by atoms with van der Waals surface area (Å²) in [6.45, 7) is 6.14. The molecule has 35 heavy (non-hydrogen) atoms. The number of aryl methyl sites for hydroxylation is 2. The predicted octanol–water partition coefficient (Wildman–Crippen LogP) is 5.59. The number of thioether (sulfide) groups is 1. The zero-order valence-electron chi connectivity index (χ0n) is 20.8. The Labute approximate surface area is 211 Å². The van der Waals surface area contributed by atoms with Gasteiger partial charge in [0.1, 0.15) is 5.82 Å². The minimum atomic E-state index is -0.0723. The topological polar surface area (TPSA) is 76.9 Å². The Morgan fingerprint density at radius 3 is 2.43 bits per heavy atom. The molecule has 1 aliphatic rings. The molecule has 1 N–H and O–H groups in total. The molecule has 6 nitrogen and oxygen atoms in total. The van der Waals surface area contributed by atoms with E-state index in [9.17, 15) is 9.59 Å². The van der Waals surface area contributed by atoms with Crippen LogP contribution in [-0.4, -0.2) is 38.8 Å². The fraction of sp³-hybridized carbons (Fsp3) is 0.429. The second kappa shape index (κ2) is 11.7. The molecule has 7 heteroatoms. The molecule has 0 unspecified atom stereocenters. The lowest BCUT2D eigenvalue weighted by Gasteiger charge is -2.22. The smallest absolute Gasteiger partial charge is 0.216 e. The van der Waals surface area contributed by atoms with Crippen molar-refractivity contribution < 1.29 is 9.59 Å². The van der Waals surface area contributed by atoms with Crippen LogP contribution in [0.15, 0.2) is 47.6 Å². The van der Waals surface area contributed by atoms with Crippen molar-refractivity contribution in [2.45, 2.75) is 70.4 Å². The Hall–Kier alpha value is -2.93. The molecule has 1 fully saturated rings. The molecule has 0 saturated heterocycles. The first-order chi connectivity index (χ1) is 16.9. The summed E-state index contributed by atoms with van der Waals surface area (Å²) in [5.41, 5.74) is 5.44. The van der Waals surface area contributed by atoms with Gasteiger partial charge in [-0.25, -0.2) is 0 Å². The molecule has 0 bridgehead atoms. The van der Waals surface area contributed by atoms with E-state index in [4.69, 9.17) is 0 Å². The summed E-state index contributed by atoms with van der Waals surface area (Å²) in [7, 11) is 0. The number of hydrogen-bond donors (Lipinski definition) is 1. The first-order valence-corrected chi connectivity index (χ1v) is 13.4. The number of carbonyl (C=O) groups excluding carboxylic acids is 2. The van der Waals surface area contributed by atoms with Gasteiger partial charge >= 0.3 is 0 Å². The number of Topliss-reactive ketones (excluding diaryl/α,β-unsaturated/α-hetero) is 1. The van der Waals surface area contributed by atoms with Gasteiger partial charge in [-0.3, -0.25) is 14.2 Å². The molecule has 184 valence electrons. The summed E-state index contributed by atoms with van der Waals surface area (Å²) >= 11 is 1.40. The quantitative estimate of drug-likeness (QED) is 0.313. The SMILES string of the molecule is CC(=O)NCCc1nnc(SCC(=O)c2ccc(C3CCCCC3)cc2)n1-c1ccc(C)c(C)c1. The number of benzene rings is 2. The van der Waals surface area contributed by atoms with E-state index in [1.807, 2.05) is 22.8 Å². The Balaban J connectivity index is 1.48. The summed E-state index contributed by atoms with van der Waals surface area (Å²) in [5.74, 6) is 1.69. The van der Waals surface area contributed by atoms with Crippen molar-refractivity contribution in [3.63, 3.8) is 0 Å². The van der Waals surface area contributed by atoms with E-state index >= 15 is 0 Å². The van der Waals surface area contributed by atoms with Crippen molar-refractivity contribution >= 4 is 23.5 Å². The van der Waals surface area contributed by atoms with Crippen molar-refractivity contribution in [1.82, 2.24) is 20.1 Å². The molecule has 0 spiro atoms. The average molecular weight is 491 g/mol. The van der Waals surface area contributed by atoms with Crippen molar-refractivity contribution in [2.24, 2.45) is 0 Å². The highest BCUT2D eigenvalue weighted by atomic mass is 32.2. The number of amides is 1. The molecule has 3 aromatic rings. The minimum absolute atomic E-state index is 0.0723. The molecule has 4 rings (SSSR count). The molecule has 2 aromatic carbocycles. The van der Waals surface area contributed by atoms with E-state index in [0.29, 0.717) is 24.0 Å². The number of carbonyl (C=O) groups is 2. The van der Waals surface area contributed by atoms with Crippen LogP contribution in [0, 0.1) is 13.8 Å². The van der Waals surface area contributed by atoms with E-state index in [-0.39, 0.29) is 17.4 Å². The summed E-state index contributed by atoms with van der Waals surface area (Å²) in [6, 6.07) is 14.4. The number of ketones is 1. The van der Waals surface area contributed by atoms with E-state index in [2.05, 4.69) is 53.6 Å². The van der Waals surface area contributed by atoms with Gasteiger partial charge in [0.05, 0.1) is 5.75 Å². The zero-order chi connectivity index (χ0) is 24.8. The van der Waals surface area contributed by atoms with Crippen LogP contribution in [0.1, 0.15) is 77.8 Å². The van der Waals surface area contributed by atoms with E-state index < -0.39 is 0 Å². The largest absolute Gasteiger partial charge is 0.356 e. The average Bonchev–Trinajstić information content (AvgIpc) is 3.27. The molecule has 0 aliphatic heterocycles. The fourth-order valence-corrected chi connectivity index (χ4v) is 5.49. The summed E-state index contributed by atoms with van der Waals surface area (Å²) in [4.78, 5) is 24.3. The van der Waals surface area contributed by atoms with Crippen molar-refractivity contribution in [1.29, 1.82) is 0 Å². The highest BCUT2D eigenvalue weighted by molar-refractivity contribution is 7.99. The van der Waals surface area contributed by atoms with Gasteiger partial charge in [0, 0.05) is 31.1 Å². The summed E-state index contributed by atoms with van der Waals surface area (Å²) in [6.07, 6.45) is 7.00. The van der Waals surface area contributed by atoms with E-state index in [1.54, 1.807) is 0 Å². The molecule has 0 radical (unpaired) electrons. The maximum atomic E-state index is 13.0. The van der Waals surface area contributed by atoms with Gasteiger partial charge in [-0.15, -0.1) is 10.2 Å². The van der Waals surface area contributed by atoms with E-state index in [0.717, 1.165) is 17.1 Å². The molecule has 1 amide bonds. The summed E-state index contributed by atoms with van der Waals surface area (Å²) in [5, 5.41) is 12.3. The van der Waals surface area contributed by atoms with Crippen LogP contribution in [0.3, 0.4) is 0 Å². The second-order valence-corrected chi connectivity index (χ2v) is 10.3. The highest BCUT2D eigenvalue weighted by Crippen LogP contribution is 2.33. The standard InChI is InChI=1S/C28H34N4O2S/c1-19-9-14-25(17-20(19)2)32-27(15-16-29-21(3)33)30-31-28(32)35-18-26(34)24-12-10-23(11-13-24)22-7-5-4-6-8-22/h9-14,17,22H,4-8,15-16,18H2,1-3H3,(H,29,33). The number of aromatic nitrogens is 3. The number of nitrogens with zero attached hydrogens (tertiary/aromatic N) is 3. The molecule has 1 saturated carbocycles. The van der Waals surface area contributed by atoms with Crippen LogP contribution in [0.2, 0.25) is 0 Å². The van der Waals surface area contributed by atoms with Gasteiger partial charge < -0.3 is 5.32 Å². The minimum Gasteiger partial charge on any atom is -0.356 e. The lowest BCUT2D eigenvalue weighted by molar-refractivity contribution is -0.118. The third-order valence-corrected chi connectivity index (χ3v) is 7.74. The molecule has 1 aliphatic carbocycles. The lowest BCUT2D eigenvalue weighted by Crippen LogP contribution is -2.23. The number of hydrogen-bond acceptors (Lipinski definition) is 5. The Morgan fingerprint density at radius 2 is 1.74 bits per heavy atom. The Morgan fingerprint density at radius 1 is 1.00 bits per heavy atom. The maximum Gasteiger partial charge on any atom is 0.216 e. The van der Waals surface area contributed by atoms with Gasteiger partial charge in [-0.05, 0) is 61.4 Å². The van der Waals surface area contributed by atoms with Crippen molar-refractivity contribution in [3.05, 3.63) is 70.5 Å². The third-order valence-electron chi connectivity index (χ3n) is 6.81. The molecular weight excluding hydrogens is 456 g/mol. The van der Waals surface area contributed by atoms with E-state index in [1.165, 1.54) is 67.5 Å². The zero-order valence-corrected chi connectivity index (χ0v) is 21.7. The highest BCUT2D eigenvalue weighted by Gasteiger charge is 2.18. The molecule has 1 aromatic heterocycles. The monoisotopic (exact) mass is 490 g/mol. The maximum absolute atomic E-state index is 13.0. The van der Waals surface area contributed by atoms with Gasteiger partial charge in [0.15, 0.2) is 10.9 Å². The first kappa shape index (κ1) is 25.2. The molecule has 1 heterocycles. The summed E-state index contributed by atoms with van der Waals surface area (Å²) < 4.78 is 2.00. The number of rotatable bonds is 9. The van der Waals surface area contributed by atoms with Crippen LogP contribution in [0.5, 0.6) is 0 Å². The normalized spacial score (nSPS) is 14.1. The predicted molar refractivity (Wildman–Crippen MR) is 141 cm³/mol. The lowest BCUT2D eigenvalue weighted by atomic mass is 9.84. The van der Waals surface area contributed by atoms with Crippen molar-refractivity contribution in [3.8, 4) is 5.69 Å². The van der Waals surface area contributed by atoms with Crippen LogP contribution < -0.4 is 5.32 Å². The third kappa shape index (κ3) is 6.40. The molecule has 0 atom stereocenters. The van der Waals surface area contributed by atoms with Gasteiger partial charge in [0.25, 0.3) is 0 Å². The van der Waals surface area contributed by atoms with Gasteiger partial charge in [0.2, 0.25) is 5.91 Å². The van der Waals surface area contributed by atoms with Crippen LogP contribution in [-0.2, 0) is 11.2 Å². The Bertz CT molecular complexity index is 1180. The van der Waals surface area contributed by atoms with Gasteiger partial charge in [-0.2, -0.15) is 0 Å². The first-order valence-electron chi connectivity index (χ1n) is 12.4. The molecular formula is C28H34N4O2S. The number of nitrogens with one attached hydrogen (secondary N) is 1. The Kier molecular flexibility index (Phi) is 8.39. The van der Waals surface area contributed by atoms with Crippen LogP contribution in [0.4, 0.5) is 0 Å². The van der Waals surface area contributed by atoms with Gasteiger partial charge in [-0.1, -0.05) is 61.4 Å². The second-order valence-electron chi connectivity index (χ2n) is 9.40. The van der Waals surface area contributed by atoms with Crippen LogP contribution >= 0.6 is 11.8 Å². The fourth-order valence-electron chi connectivity index (χ4n) is 4.62.